The first kappa shape index (κ1) is 13.8. The van der Waals surface area contributed by atoms with Crippen molar-refractivity contribution in [3.05, 3.63) is 23.3 Å². The lowest BCUT2D eigenvalue weighted by Crippen LogP contribution is -2.18. The molecule has 0 aliphatic heterocycles. The van der Waals surface area contributed by atoms with Crippen LogP contribution in [-0.4, -0.2) is 27.4 Å². The third kappa shape index (κ3) is 3.61. The van der Waals surface area contributed by atoms with Gasteiger partial charge in [-0.3, -0.25) is 0 Å². The van der Waals surface area contributed by atoms with E-state index in [-0.39, 0.29) is 6.04 Å². The zero-order chi connectivity index (χ0) is 12.8. The Labute approximate surface area is 103 Å². The van der Waals surface area contributed by atoms with Crippen LogP contribution in [0.3, 0.4) is 0 Å². The molecule has 0 amide bonds. The summed E-state index contributed by atoms with van der Waals surface area (Å²) < 4.78 is 15.8. The molecule has 0 saturated heterocycles. The lowest BCUT2D eigenvalue weighted by Gasteiger charge is -2.15. The number of hydrogen-bond donors (Lipinski definition) is 1. The molecular formula is C13H21NO3. The molecular weight excluding hydrogens is 218 g/mol. The summed E-state index contributed by atoms with van der Waals surface area (Å²) in [5.74, 6) is 1.64. The molecule has 17 heavy (non-hydrogen) atoms. The molecule has 0 aromatic heterocycles. The SMILES string of the molecule is COCc1cc(OC)c(CC(C)N)cc1OC. The van der Waals surface area contributed by atoms with E-state index in [0.717, 1.165) is 29.0 Å². The molecule has 0 aliphatic carbocycles. The van der Waals surface area contributed by atoms with Crippen molar-refractivity contribution >= 4 is 0 Å². The van der Waals surface area contributed by atoms with E-state index in [1.807, 2.05) is 19.1 Å². The molecule has 0 fully saturated rings. The summed E-state index contributed by atoms with van der Waals surface area (Å²) in [6.07, 6.45) is 0.757. The largest absolute Gasteiger partial charge is 0.496 e. The van der Waals surface area contributed by atoms with Gasteiger partial charge in [0.1, 0.15) is 11.5 Å². The van der Waals surface area contributed by atoms with E-state index in [9.17, 15) is 0 Å². The Bertz CT molecular complexity index is 364. The molecule has 1 aromatic rings. The molecule has 4 nitrogen and oxygen atoms in total. The number of benzene rings is 1. The van der Waals surface area contributed by atoms with Gasteiger partial charge in [0.05, 0.1) is 20.8 Å². The van der Waals surface area contributed by atoms with Crippen LogP contribution in [0.25, 0.3) is 0 Å². The second-order valence-electron chi connectivity index (χ2n) is 4.09. The van der Waals surface area contributed by atoms with E-state index < -0.39 is 0 Å². The van der Waals surface area contributed by atoms with Crippen molar-refractivity contribution in [1.82, 2.24) is 0 Å². The van der Waals surface area contributed by atoms with Gasteiger partial charge in [-0.05, 0) is 31.0 Å². The van der Waals surface area contributed by atoms with Gasteiger partial charge < -0.3 is 19.9 Å². The van der Waals surface area contributed by atoms with Crippen LogP contribution in [0.15, 0.2) is 12.1 Å². The fourth-order valence-electron chi connectivity index (χ4n) is 1.80. The minimum Gasteiger partial charge on any atom is -0.496 e. The summed E-state index contributed by atoms with van der Waals surface area (Å²) in [5, 5.41) is 0. The Hall–Kier alpha value is -1.26. The van der Waals surface area contributed by atoms with Crippen molar-refractivity contribution in [2.75, 3.05) is 21.3 Å². The van der Waals surface area contributed by atoms with Crippen LogP contribution in [0.4, 0.5) is 0 Å². The second kappa shape index (κ2) is 6.47. The summed E-state index contributed by atoms with van der Waals surface area (Å²) >= 11 is 0. The molecule has 0 saturated carbocycles. The molecule has 1 unspecified atom stereocenters. The Kier molecular flexibility index (Phi) is 5.25. The average molecular weight is 239 g/mol. The van der Waals surface area contributed by atoms with Crippen LogP contribution in [0.1, 0.15) is 18.1 Å². The van der Waals surface area contributed by atoms with Crippen molar-refractivity contribution in [3.63, 3.8) is 0 Å². The van der Waals surface area contributed by atoms with Crippen LogP contribution in [0, 0.1) is 0 Å². The predicted octanol–water partition coefficient (Wildman–Crippen LogP) is 1.74. The molecule has 0 heterocycles. The Morgan fingerprint density at radius 1 is 1.06 bits per heavy atom. The first-order chi connectivity index (χ1) is 8.12. The first-order valence-electron chi connectivity index (χ1n) is 5.60. The van der Waals surface area contributed by atoms with Gasteiger partial charge in [-0.2, -0.15) is 0 Å². The van der Waals surface area contributed by atoms with E-state index in [1.54, 1.807) is 21.3 Å². The molecule has 0 aliphatic rings. The van der Waals surface area contributed by atoms with Crippen LogP contribution in [-0.2, 0) is 17.8 Å². The summed E-state index contributed by atoms with van der Waals surface area (Å²) in [6, 6.07) is 4.00. The minimum absolute atomic E-state index is 0.0851. The van der Waals surface area contributed by atoms with Gasteiger partial charge in [0.15, 0.2) is 0 Å². The van der Waals surface area contributed by atoms with Gasteiger partial charge in [-0.25, -0.2) is 0 Å². The lowest BCUT2D eigenvalue weighted by molar-refractivity contribution is 0.181. The van der Waals surface area contributed by atoms with Crippen LogP contribution < -0.4 is 15.2 Å². The quantitative estimate of drug-likeness (QED) is 0.821. The molecule has 1 rings (SSSR count). The Morgan fingerprint density at radius 3 is 2.06 bits per heavy atom. The van der Waals surface area contributed by atoms with Crippen molar-refractivity contribution in [1.29, 1.82) is 0 Å². The molecule has 0 bridgehead atoms. The van der Waals surface area contributed by atoms with Crippen molar-refractivity contribution in [2.24, 2.45) is 5.73 Å². The van der Waals surface area contributed by atoms with E-state index >= 15 is 0 Å². The summed E-state index contributed by atoms with van der Waals surface area (Å²) in [7, 11) is 4.96. The third-order valence-corrected chi connectivity index (χ3v) is 2.53. The zero-order valence-electron chi connectivity index (χ0n) is 10.9. The number of ether oxygens (including phenoxy) is 3. The van der Waals surface area contributed by atoms with Crippen molar-refractivity contribution in [3.8, 4) is 11.5 Å². The van der Waals surface area contributed by atoms with E-state index in [4.69, 9.17) is 19.9 Å². The molecule has 96 valence electrons. The van der Waals surface area contributed by atoms with Crippen LogP contribution in [0.2, 0.25) is 0 Å². The Balaban J connectivity index is 3.12. The van der Waals surface area contributed by atoms with Crippen molar-refractivity contribution in [2.45, 2.75) is 26.0 Å². The third-order valence-electron chi connectivity index (χ3n) is 2.53. The van der Waals surface area contributed by atoms with Crippen molar-refractivity contribution < 1.29 is 14.2 Å². The highest BCUT2D eigenvalue weighted by molar-refractivity contribution is 5.46. The summed E-state index contributed by atoms with van der Waals surface area (Å²) in [4.78, 5) is 0. The standard InChI is InChI=1S/C13H21NO3/c1-9(14)5-10-6-13(17-4)11(8-15-2)7-12(10)16-3/h6-7,9H,5,8,14H2,1-4H3. The zero-order valence-corrected chi connectivity index (χ0v) is 10.9. The fourth-order valence-corrected chi connectivity index (χ4v) is 1.80. The number of rotatable bonds is 6. The monoisotopic (exact) mass is 239 g/mol. The van der Waals surface area contributed by atoms with Gasteiger partial charge in [0.2, 0.25) is 0 Å². The minimum atomic E-state index is 0.0851. The molecule has 4 heteroatoms. The predicted molar refractivity (Wildman–Crippen MR) is 67.6 cm³/mol. The molecule has 1 atom stereocenters. The van der Waals surface area contributed by atoms with E-state index in [0.29, 0.717) is 6.61 Å². The molecule has 0 radical (unpaired) electrons. The number of nitrogens with two attached hydrogens (primary N) is 1. The highest BCUT2D eigenvalue weighted by atomic mass is 16.5. The van der Waals surface area contributed by atoms with E-state index in [1.165, 1.54) is 0 Å². The highest BCUT2D eigenvalue weighted by Gasteiger charge is 2.12. The lowest BCUT2D eigenvalue weighted by atomic mass is 10.0. The number of hydrogen-bond acceptors (Lipinski definition) is 4. The van der Waals surface area contributed by atoms with Gasteiger partial charge in [-0.15, -0.1) is 0 Å². The summed E-state index contributed by atoms with van der Waals surface area (Å²) in [6.45, 7) is 2.47. The second-order valence-corrected chi connectivity index (χ2v) is 4.09. The Morgan fingerprint density at radius 2 is 1.59 bits per heavy atom. The first-order valence-corrected chi connectivity index (χ1v) is 5.60. The van der Waals surface area contributed by atoms with Crippen LogP contribution in [0.5, 0.6) is 11.5 Å². The maximum Gasteiger partial charge on any atom is 0.124 e. The fraction of sp³-hybridized carbons (Fsp3) is 0.538. The van der Waals surface area contributed by atoms with Crippen LogP contribution >= 0.6 is 0 Å². The maximum absolute atomic E-state index is 5.82. The normalized spacial score (nSPS) is 12.3. The van der Waals surface area contributed by atoms with Gasteiger partial charge >= 0.3 is 0 Å². The molecule has 2 N–H and O–H groups in total. The highest BCUT2D eigenvalue weighted by Crippen LogP contribution is 2.30. The smallest absolute Gasteiger partial charge is 0.124 e. The topological polar surface area (TPSA) is 53.7 Å². The molecule has 1 aromatic carbocycles. The number of methoxy groups -OCH3 is 3. The average Bonchev–Trinajstić information content (AvgIpc) is 2.30. The van der Waals surface area contributed by atoms with Gasteiger partial charge in [0.25, 0.3) is 0 Å². The van der Waals surface area contributed by atoms with E-state index in [2.05, 4.69) is 0 Å². The maximum atomic E-state index is 5.82. The van der Waals surface area contributed by atoms with Gasteiger partial charge in [0, 0.05) is 18.7 Å². The summed E-state index contributed by atoms with van der Waals surface area (Å²) in [5.41, 5.74) is 7.84. The van der Waals surface area contributed by atoms with Gasteiger partial charge in [-0.1, -0.05) is 0 Å². The molecule has 0 spiro atoms.